The third kappa shape index (κ3) is 2.80. The number of nitrogens with zero attached hydrogens (tertiary/aromatic N) is 1. The van der Waals surface area contributed by atoms with E-state index in [4.69, 9.17) is 4.74 Å². The predicted octanol–water partition coefficient (Wildman–Crippen LogP) is 2.63. The number of fused-ring (bicyclic) bond motifs is 1. The first kappa shape index (κ1) is 15.6. The van der Waals surface area contributed by atoms with Crippen molar-refractivity contribution in [3.8, 4) is 5.75 Å². The van der Waals surface area contributed by atoms with E-state index in [1.54, 1.807) is 5.51 Å². The number of amides is 1. The molecule has 2 aliphatic rings. The van der Waals surface area contributed by atoms with Crippen LogP contribution in [0.5, 0.6) is 5.75 Å². The molecule has 1 aromatic heterocycles. The second-order valence-electron chi connectivity index (χ2n) is 6.57. The molecule has 1 aliphatic carbocycles. The molecular weight excluding hydrogens is 324 g/mol. The van der Waals surface area contributed by atoms with Crippen LogP contribution in [-0.2, 0) is 6.42 Å². The van der Waals surface area contributed by atoms with Crippen LogP contribution in [0.3, 0.4) is 0 Å². The minimum atomic E-state index is -0.252. The molecule has 1 atom stereocenters. The van der Waals surface area contributed by atoms with Gasteiger partial charge in [0.05, 0.1) is 30.0 Å². The van der Waals surface area contributed by atoms with Crippen molar-refractivity contribution in [2.24, 2.45) is 5.92 Å². The van der Waals surface area contributed by atoms with E-state index in [9.17, 15) is 9.90 Å². The van der Waals surface area contributed by atoms with Crippen LogP contribution in [0, 0.1) is 12.8 Å². The third-order valence-electron chi connectivity index (χ3n) is 4.93. The van der Waals surface area contributed by atoms with Gasteiger partial charge in [0.15, 0.2) is 0 Å². The molecule has 5 nitrogen and oxygen atoms in total. The van der Waals surface area contributed by atoms with Crippen molar-refractivity contribution >= 4 is 17.2 Å². The summed E-state index contributed by atoms with van der Waals surface area (Å²) in [6, 6.07) is 6.06. The second-order valence-corrected chi connectivity index (χ2v) is 7.42. The number of hydrogen-bond acceptors (Lipinski definition) is 5. The van der Waals surface area contributed by atoms with E-state index in [1.807, 2.05) is 19.1 Å². The maximum absolute atomic E-state index is 12.6. The van der Waals surface area contributed by atoms with Crippen LogP contribution in [-0.4, -0.2) is 28.7 Å². The average molecular weight is 344 g/mol. The fourth-order valence-corrected chi connectivity index (χ4v) is 4.21. The fourth-order valence-electron chi connectivity index (χ4n) is 3.50. The van der Waals surface area contributed by atoms with E-state index >= 15 is 0 Å². The lowest BCUT2D eigenvalue weighted by Gasteiger charge is -2.38. The van der Waals surface area contributed by atoms with Gasteiger partial charge in [0, 0.05) is 6.42 Å². The molecule has 1 fully saturated rings. The summed E-state index contributed by atoms with van der Waals surface area (Å²) in [5.74, 6) is 1.12. The van der Waals surface area contributed by atoms with Crippen molar-refractivity contribution in [1.29, 1.82) is 0 Å². The van der Waals surface area contributed by atoms with Crippen LogP contribution in [0.15, 0.2) is 23.7 Å². The Balaban J connectivity index is 1.60. The van der Waals surface area contributed by atoms with Gasteiger partial charge >= 0.3 is 0 Å². The van der Waals surface area contributed by atoms with Gasteiger partial charge in [0.25, 0.3) is 5.91 Å². The third-order valence-corrected chi connectivity index (χ3v) is 5.86. The van der Waals surface area contributed by atoms with Gasteiger partial charge in [-0.05, 0) is 48.9 Å². The number of carbonyl (C=O) groups is 1. The van der Waals surface area contributed by atoms with Gasteiger partial charge in [0.2, 0.25) is 0 Å². The maximum atomic E-state index is 12.6. The lowest BCUT2D eigenvalue weighted by molar-refractivity contribution is 0.0235. The van der Waals surface area contributed by atoms with Crippen LogP contribution in [0.4, 0.5) is 0 Å². The molecule has 0 spiro atoms. The first-order valence-electron chi connectivity index (χ1n) is 8.26. The number of ether oxygens (including phenoxy) is 1. The topological polar surface area (TPSA) is 71.5 Å². The van der Waals surface area contributed by atoms with E-state index in [1.165, 1.54) is 16.9 Å². The number of carbonyl (C=O) groups excluding carboxylic acids is 1. The molecule has 2 heterocycles. The van der Waals surface area contributed by atoms with Crippen LogP contribution < -0.4 is 10.1 Å². The van der Waals surface area contributed by atoms with E-state index < -0.39 is 0 Å². The number of aryl methyl sites for hydroxylation is 1. The molecule has 1 aromatic carbocycles. The van der Waals surface area contributed by atoms with Crippen LogP contribution in [0.2, 0.25) is 0 Å². The van der Waals surface area contributed by atoms with Crippen molar-refractivity contribution < 1.29 is 14.6 Å². The molecule has 126 valence electrons. The number of nitrogens with one attached hydrogen (secondary N) is 1. The highest BCUT2D eigenvalue weighted by molar-refractivity contribution is 7.11. The molecule has 2 N–H and O–H groups in total. The molecule has 2 aromatic rings. The Bertz CT molecular complexity index is 767. The number of hydrogen-bond donors (Lipinski definition) is 2. The Morgan fingerprint density at radius 2 is 2.29 bits per heavy atom. The molecule has 1 aliphatic heterocycles. The lowest BCUT2D eigenvalue weighted by atomic mass is 9.75. The number of aliphatic hydroxyl groups excluding tert-OH is 1. The standard InChI is InChI=1S/C18H20N2O3S/c1-10-17(24-9-19-10)18(22)20-16(13-7-14(21)8-13)12-2-3-15-11(6-12)4-5-23-15/h2-3,6,9,13-14,16,21H,4-5,7-8H2,1H3,(H,20,22). The predicted molar refractivity (Wildman–Crippen MR) is 91.4 cm³/mol. The average Bonchev–Trinajstić information content (AvgIpc) is 3.17. The minimum absolute atomic E-state index is 0.0851. The lowest BCUT2D eigenvalue weighted by Crippen LogP contribution is -2.41. The summed E-state index contributed by atoms with van der Waals surface area (Å²) in [6.07, 6.45) is 2.10. The highest BCUT2D eigenvalue weighted by Crippen LogP contribution is 2.40. The van der Waals surface area contributed by atoms with Crippen molar-refractivity contribution in [3.63, 3.8) is 0 Å². The smallest absolute Gasteiger partial charge is 0.263 e. The summed E-state index contributed by atoms with van der Waals surface area (Å²) < 4.78 is 5.57. The largest absolute Gasteiger partial charge is 0.493 e. The Morgan fingerprint density at radius 3 is 3.00 bits per heavy atom. The molecule has 0 radical (unpaired) electrons. The summed E-state index contributed by atoms with van der Waals surface area (Å²) in [4.78, 5) is 17.5. The van der Waals surface area contributed by atoms with Gasteiger partial charge in [-0.25, -0.2) is 4.98 Å². The number of aliphatic hydroxyl groups is 1. The second kappa shape index (κ2) is 6.18. The summed E-state index contributed by atoms with van der Waals surface area (Å²) in [5, 5.41) is 12.9. The molecule has 1 amide bonds. The first-order valence-corrected chi connectivity index (χ1v) is 9.14. The van der Waals surface area contributed by atoms with Gasteiger partial charge in [-0.3, -0.25) is 4.79 Å². The molecule has 0 bridgehead atoms. The van der Waals surface area contributed by atoms with Crippen LogP contribution in [0.25, 0.3) is 0 Å². The Kier molecular flexibility index (Phi) is 4.02. The molecule has 1 saturated carbocycles. The maximum Gasteiger partial charge on any atom is 0.263 e. The van der Waals surface area contributed by atoms with Gasteiger partial charge < -0.3 is 15.2 Å². The van der Waals surface area contributed by atoms with Crippen molar-refractivity contribution in [1.82, 2.24) is 10.3 Å². The first-order chi connectivity index (χ1) is 11.6. The van der Waals surface area contributed by atoms with Gasteiger partial charge in [-0.15, -0.1) is 11.3 Å². The number of benzene rings is 1. The summed E-state index contributed by atoms with van der Waals surface area (Å²) in [6.45, 7) is 2.57. The Labute approximate surface area is 144 Å². The van der Waals surface area contributed by atoms with Crippen LogP contribution in [0.1, 0.15) is 45.4 Å². The minimum Gasteiger partial charge on any atom is -0.493 e. The van der Waals surface area contributed by atoms with Gasteiger partial charge in [-0.1, -0.05) is 6.07 Å². The molecule has 24 heavy (non-hydrogen) atoms. The van der Waals surface area contributed by atoms with E-state index in [0.717, 1.165) is 42.9 Å². The number of rotatable bonds is 4. The van der Waals surface area contributed by atoms with Crippen molar-refractivity contribution in [3.05, 3.63) is 45.4 Å². The molecule has 0 saturated heterocycles. The number of thiazole rings is 1. The summed E-state index contributed by atoms with van der Waals surface area (Å²) in [5.41, 5.74) is 4.73. The number of aromatic nitrogens is 1. The molecule has 6 heteroatoms. The zero-order valence-corrected chi connectivity index (χ0v) is 14.3. The highest BCUT2D eigenvalue weighted by Gasteiger charge is 2.36. The van der Waals surface area contributed by atoms with Gasteiger partial charge in [0.1, 0.15) is 10.6 Å². The fraction of sp³-hybridized carbons (Fsp3) is 0.444. The monoisotopic (exact) mass is 344 g/mol. The Morgan fingerprint density at radius 1 is 1.46 bits per heavy atom. The molecular formula is C18H20N2O3S. The molecule has 1 unspecified atom stereocenters. The molecule has 4 rings (SSSR count). The normalized spacial score (nSPS) is 23.1. The van der Waals surface area contributed by atoms with E-state index in [-0.39, 0.29) is 24.0 Å². The van der Waals surface area contributed by atoms with Crippen molar-refractivity contribution in [2.75, 3.05) is 6.61 Å². The zero-order chi connectivity index (χ0) is 16.7. The van der Waals surface area contributed by atoms with Gasteiger partial charge in [-0.2, -0.15) is 0 Å². The van der Waals surface area contributed by atoms with Crippen LogP contribution >= 0.6 is 11.3 Å². The Hall–Kier alpha value is -1.92. The van der Waals surface area contributed by atoms with Crippen molar-refractivity contribution in [2.45, 2.75) is 38.3 Å². The van der Waals surface area contributed by atoms with E-state index in [2.05, 4.69) is 16.4 Å². The highest BCUT2D eigenvalue weighted by atomic mass is 32.1. The SMILES string of the molecule is Cc1ncsc1C(=O)NC(c1ccc2c(c1)CCO2)C1CC(O)C1. The quantitative estimate of drug-likeness (QED) is 0.894. The summed E-state index contributed by atoms with van der Waals surface area (Å²) >= 11 is 1.36. The summed E-state index contributed by atoms with van der Waals surface area (Å²) in [7, 11) is 0. The zero-order valence-electron chi connectivity index (χ0n) is 13.5. The van der Waals surface area contributed by atoms with E-state index in [0.29, 0.717) is 4.88 Å².